The summed E-state index contributed by atoms with van der Waals surface area (Å²) in [5, 5.41) is 10.7. The summed E-state index contributed by atoms with van der Waals surface area (Å²) in [4.78, 5) is 12.6. The smallest absolute Gasteiger partial charge is 0.336 e. The summed E-state index contributed by atoms with van der Waals surface area (Å²) in [6.45, 7) is 12.6. The number of aliphatic hydroxyl groups is 1. The number of hydrogen-bond donors (Lipinski definition) is 1. The topological polar surface area (TPSA) is 46.5 Å². The Balaban J connectivity index is 1.69. The van der Waals surface area contributed by atoms with Crippen LogP contribution >= 0.6 is 0 Å². The number of carbonyl (C=O) groups is 1. The Bertz CT molecular complexity index is 648. The number of benzene rings is 1. The van der Waals surface area contributed by atoms with E-state index in [4.69, 9.17) is 4.74 Å². The van der Waals surface area contributed by atoms with Crippen molar-refractivity contribution in [2.75, 3.05) is 0 Å². The molecule has 25 heavy (non-hydrogen) atoms. The molecule has 3 aliphatic carbocycles. The molecule has 2 bridgehead atoms. The van der Waals surface area contributed by atoms with Crippen LogP contribution in [0.1, 0.15) is 52.0 Å². The van der Waals surface area contributed by atoms with E-state index in [0.717, 1.165) is 17.6 Å². The third-order valence-electron chi connectivity index (χ3n) is 6.80. The number of hydrogen-bond acceptors (Lipinski definition) is 3. The highest BCUT2D eigenvalue weighted by Crippen LogP contribution is 2.61. The van der Waals surface area contributed by atoms with E-state index in [1.54, 1.807) is 0 Å². The number of aliphatic hydroxyl groups excluding tert-OH is 1. The van der Waals surface area contributed by atoms with Crippen LogP contribution in [-0.4, -0.2) is 23.3 Å². The number of ether oxygens (including phenoxy) is 1. The molecular weight excluding hydrogens is 312 g/mol. The van der Waals surface area contributed by atoms with Gasteiger partial charge in [-0.1, -0.05) is 63.3 Å². The van der Waals surface area contributed by atoms with E-state index in [-0.39, 0.29) is 6.10 Å². The van der Waals surface area contributed by atoms with Crippen molar-refractivity contribution in [3.8, 4) is 0 Å². The van der Waals surface area contributed by atoms with E-state index in [0.29, 0.717) is 23.2 Å². The summed E-state index contributed by atoms with van der Waals surface area (Å²) >= 11 is 0. The van der Waals surface area contributed by atoms with Crippen LogP contribution in [0.3, 0.4) is 0 Å². The van der Waals surface area contributed by atoms with Gasteiger partial charge in [0.25, 0.3) is 0 Å². The minimum atomic E-state index is -1.21. The highest BCUT2D eigenvalue weighted by molar-refractivity contribution is 5.76. The number of esters is 1. The van der Waals surface area contributed by atoms with Crippen LogP contribution in [0.4, 0.5) is 0 Å². The first kappa shape index (κ1) is 18.2. The zero-order valence-corrected chi connectivity index (χ0v) is 15.7. The van der Waals surface area contributed by atoms with Crippen LogP contribution in [0.5, 0.6) is 0 Å². The molecule has 3 saturated carbocycles. The Morgan fingerprint density at radius 2 is 1.92 bits per heavy atom. The Morgan fingerprint density at radius 3 is 2.44 bits per heavy atom. The van der Waals surface area contributed by atoms with Gasteiger partial charge in [0.15, 0.2) is 6.10 Å². The van der Waals surface area contributed by atoms with Gasteiger partial charge in [-0.15, -0.1) is 0 Å². The molecule has 0 aliphatic heterocycles. The van der Waals surface area contributed by atoms with Gasteiger partial charge < -0.3 is 9.84 Å². The molecule has 0 saturated heterocycles. The molecule has 4 rings (SSSR count). The summed E-state index contributed by atoms with van der Waals surface area (Å²) in [6, 6.07) is 9.55. The number of rotatable bonds is 5. The SMILES string of the molecule is C=C(C)[C@H](c1ccccc1)[C@H](O)C(=O)O[C@H]1C[C@@H]2C[C@H]([C@@H]1C)C2(C)C. The van der Waals surface area contributed by atoms with E-state index < -0.39 is 18.0 Å². The van der Waals surface area contributed by atoms with Crippen molar-refractivity contribution in [1.29, 1.82) is 0 Å². The summed E-state index contributed by atoms with van der Waals surface area (Å²) in [7, 11) is 0. The van der Waals surface area contributed by atoms with Gasteiger partial charge in [0, 0.05) is 5.92 Å². The fraction of sp³-hybridized carbons (Fsp3) is 0.591. The second kappa shape index (κ2) is 6.60. The highest BCUT2D eigenvalue weighted by Gasteiger charge is 2.57. The third kappa shape index (κ3) is 3.15. The monoisotopic (exact) mass is 342 g/mol. The molecule has 1 N–H and O–H groups in total. The van der Waals surface area contributed by atoms with Crippen LogP contribution in [0.2, 0.25) is 0 Å². The van der Waals surface area contributed by atoms with Gasteiger partial charge >= 0.3 is 5.97 Å². The fourth-order valence-corrected chi connectivity index (χ4v) is 5.01. The van der Waals surface area contributed by atoms with Crippen LogP contribution in [0, 0.1) is 23.2 Å². The van der Waals surface area contributed by atoms with Crippen molar-refractivity contribution in [3.05, 3.63) is 48.0 Å². The molecule has 1 aromatic carbocycles. The minimum absolute atomic E-state index is 0.0829. The maximum absolute atomic E-state index is 12.6. The quantitative estimate of drug-likeness (QED) is 0.640. The molecule has 3 fully saturated rings. The summed E-state index contributed by atoms with van der Waals surface area (Å²) < 4.78 is 5.78. The first-order valence-electron chi connectivity index (χ1n) is 9.32. The molecule has 6 atom stereocenters. The molecule has 0 aromatic heterocycles. The van der Waals surface area contributed by atoms with Crippen LogP contribution in [0.15, 0.2) is 42.5 Å². The third-order valence-corrected chi connectivity index (χ3v) is 6.80. The van der Waals surface area contributed by atoms with Crippen molar-refractivity contribution in [2.45, 2.75) is 58.7 Å². The molecular formula is C22H30O3. The van der Waals surface area contributed by atoms with Crippen molar-refractivity contribution < 1.29 is 14.6 Å². The predicted molar refractivity (Wildman–Crippen MR) is 99.0 cm³/mol. The highest BCUT2D eigenvalue weighted by atomic mass is 16.6. The standard InChI is InChI=1S/C22H30O3/c1-13(2)19(15-9-7-6-8-10-15)20(23)21(24)25-18-12-16-11-17(14(18)3)22(16,4)5/h6-10,14,16-20,23H,1,11-12H2,2-5H3/t14-,16-,17+,18-,19+,20-/m0/s1. The number of carbonyl (C=O) groups excluding carboxylic acids is 1. The Kier molecular flexibility index (Phi) is 4.80. The normalized spacial score (nSPS) is 32.2. The molecule has 0 heterocycles. The first-order chi connectivity index (χ1) is 11.7. The zero-order valence-electron chi connectivity index (χ0n) is 15.7. The summed E-state index contributed by atoms with van der Waals surface area (Å²) in [6.07, 6.45) is 0.855. The van der Waals surface area contributed by atoms with Crippen molar-refractivity contribution in [2.24, 2.45) is 23.2 Å². The van der Waals surface area contributed by atoms with Gasteiger partial charge in [-0.2, -0.15) is 0 Å². The second-order valence-electron chi connectivity index (χ2n) is 8.61. The van der Waals surface area contributed by atoms with Gasteiger partial charge in [0.05, 0.1) is 0 Å². The molecule has 3 heteroatoms. The zero-order chi connectivity index (χ0) is 18.4. The molecule has 0 radical (unpaired) electrons. The van der Waals surface area contributed by atoms with Crippen molar-refractivity contribution in [1.82, 2.24) is 0 Å². The molecule has 3 nitrogen and oxygen atoms in total. The first-order valence-corrected chi connectivity index (χ1v) is 9.32. The van der Waals surface area contributed by atoms with E-state index in [9.17, 15) is 9.90 Å². The maximum atomic E-state index is 12.6. The second-order valence-corrected chi connectivity index (χ2v) is 8.61. The maximum Gasteiger partial charge on any atom is 0.336 e. The molecule has 0 amide bonds. The number of fused-ring (bicyclic) bond motifs is 2. The molecule has 0 spiro atoms. The summed E-state index contributed by atoms with van der Waals surface area (Å²) in [5.41, 5.74) is 2.00. The largest absolute Gasteiger partial charge is 0.460 e. The van der Waals surface area contributed by atoms with Gasteiger partial charge in [-0.25, -0.2) is 4.79 Å². The average molecular weight is 342 g/mol. The fourth-order valence-electron chi connectivity index (χ4n) is 5.01. The van der Waals surface area contributed by atoms with Crippen molar-refractivity contribution in [3.63, 3.8) is 0 Å². The lowest BCUT2D eigenvalue weighted by Crippen LogP contribution is -2.57. The van der Waals surface area contributed by atoms with Gasteiger partial charge in [0.1, 0.15) is 6.10 Å². The van der Waals surface area contributed by atoms with Gasteiger partial charge in [0.2, 0.25) is 0 Å². The molecule has 136 valence electrons. The lowest BCUT2D eigenvalue weighted by molar-refractivity contribution is -0.193. The minimum Gasteiger partial charge on any atom is -0.460 e. The van der Waals surface area contributed by atoms with Crippen LogP contribution < -0.4 is 0 Å². The van der Waals surface area contributed by atoms with Crippen molar-refractivity contribution >= 4 is 5.97 Å². The summed E-state index contributed by atoms with van der Waals surface area (Å²) in [5.74, 6) is 0.615. The average Bonchev–Trinajstić information content (AvgIpc) is 2.56. The predicted octanol–water partition coefficient (Wildman–Crippen LogP) is 4.32. The van der Waals surface area contributed by atoms with E-state index in [1.165, 1.54) is 6.42 Å². The van der Waals surface area contributed by atoms with Crippen LogP contribution in [-0.2, 0) is 9.53 Å². The van der Waals surface area contributed by atoms with E-state index in [2.05, 4.69) is 27.4 Å². The Hall–Kier alpha value is -1.61. The molecule has 3 aliphatic rings. The Labute approximate surface area is 151 Å². The molecule has 0 unspecified atom stereocenters. The van der Waals surface area contributed by atoms with Crippen LogP contribution in [0.25, 0.3) is 0 Å². The lowest BCUT2D eigenvalue weighted by atomic mass is 9.45. The Morgan fingerprint density at radius 1 is 1.28 bits per heavy atom. The van der Waals surface area contributed by atoms with Gasteiger partial charge in [-0.05, 0) is 48.5 Å². The van der Waals surface area contributed by atoms with Gasteiger partial charge in [-0.3, -0.25) is 0 Å². The lowest BCUT2D eigenvalue weighted by Gasteiger charge is -2.61. The molecule has 1 aromatic rings. The van der Waals surface area contributed by atoms with E-state index >= 15 is 0 Å². The van der Waals surface area contributed by atoms with E-state index in [1.807, 2.05) is 37.3 Å².